The summed E-state index contributed by atoms with van der Waals surface area (Å²) < 4.78 is 67.1. The van der Waals surface area contributed by atoms with E-state index >= 15 is 0 Å². The monoisotopic (exact) mass is 475 g/mol. The highest BCUT2D eigenvalue weighted by Gasteiger charge is 2.32. The van der Waals surface area contributed by atoms with E-state index in [1.807, 2.05) is 13.0 Å². The van der Waals surface area contributed by atoms with Crippen molar-refractivity contribution in [2.75, 3.05) is 4.72 Å². The average Bonchev–Trinajstić information content (AvgIpc) is 2.75. The number of nitrogens with one attached hydrogen (secondary N) is 2. The Morgan fingerprint density at radius 3 is 2.39 bits per heavy atom. The van der Waals surface area contributed by atoms with Crippen LogP contribution in [0.15, 0.2) is 76.7 Å². The van der Waals surface area contributed by atoms with Crippen LogP contribution in [0.1, 0.15) is 32.6 Å². The molecule has 10 heteroatoms. The summed E-state index contributed by atoms with van der Waals surface area (Å²) in [7, 11) is -3.98. The van der Waals surface area contributed by atoms with Gasteiger partial charge >= 0.3 is 6.18 Å². The summed E-state index contributed by atoms with van der Waals surface area (Å²) in [6.45, 7) is 3.65. The first-order chi connectivity index (χ1) is 15.5. The number of aryl methyl sites for hydroxylation is 2. The quantitative estimate of drug-likeness (QED) is 0.393. The molecule has 0 aromatic heterocycles. The minimum Gasteiger partial charge on any atom is -0.279 e. The van der Waals surface area contributed by atoms with Gasteiger partial charge in [0.25, 0.3) is 15.9 Å². The van der Waals surface area contributed by atoms with Crippen LogP contribution in [0, 0.1) is 13.8 Å². The van der Waals surface area contributed by atoms with Crippen LogP contribution < -0.4 is 10.1 Å². The Morgan fingerprint density at radius 2 is 1.70 bits per heavy atom. The molecule has 0 bridgehead atoms. The van der Waals surface area contributed by atoms with Gasteiger partial charge in [0.1, 0.15) is 0 Å². The summed E-state index contributed by atoms with van der Waals surface area (Å²) >= 11 is 0. The molecule has 0 atom stereocenters. The van der Waals surface area contributed by atoms with Crippen molar-refractivity contribution in [3.8, 4) is 0 Å². The molecule has 172 valence electrons. The fourth-order valence-electron chi connectivity index (χ4n) is 3.03. The van der Waals surface area contributed by atoms with Gasteiger partial charge < -0.3 is 0 Å². The number of halogens is 3. The largest absolute Gasteiger partial charge is 0.417 e. The van der Waals surface area contributed by atoms with Gasteiger partial charge in [0, 0.05) is 11.1 Å². The van der Waals surface area contributed by atoms with Crippen LogP contribution in [0.2, 0.25) is 0 Å². The SMILES string of the molecule is Cc1ccc(NS(=O)(=O)c2cccc(C(=O)NN=Cc3ccccc3C(F)(F)F)c2)c(C)c1. The normalized spacial score (nSPS) is 12.0. The second kappa shape index (κ2) is 9.45. The molecule has 0 saturated heterocycles. The lowest BCUT2D eigenvalue weighted by Gasteiger charge is -2.12. The van der Waals surface area contributed by atoms with Crippen LogP contribution in [-0.4, -0.2) is 20.5 Å². The van der Waals surface area contributed by atoms with Crippen molar-refractivity contribution in [1.29, 1.82) is 0 Å². The lowest BCUT2D eigenvalue weighted by molar-refractivity contribution is -0.137. The van der Waals surface area contributed by atoms with E-state index in [1.165, 1.54) is 36.4 Å². The number of amides is 1. The maximum absolute atomic E-state index is 13.0. The molecule has 0 aliphatic carbocycles. The van der Waals surface area contributed by atoms with Gasteiger partial charge in [-0.25, -0.2) is 13.8 Å². The van der Waals surface area contributed by atoms with Gasteiger partial charge in [-0.05, 0) is 49.7 Å². The number of nitrogens with zero attached hydrogens (tertiary/aromatic N) is 1. The molecule has 0 aliphatic rings. The fraction of sp³-hybridized carbons (Fsp3) is 0.130. The number of rotatable bonds is 6. The van der Waals surface area contributed by atoms with Crippen molar-refractivity contribution in [3.63, 3.8) is 0 Å². The molecule has 3 aromatic carbocycles. The number of hydrogen-bond donors (Lipinski definition) is 2. The Bertz CT molecular complexity index is 1320. The van der Waals surface area contributed by atoms with Gasteiger partial charge in [0.15, 0.2) is 0 Å². The van der Waals surface area contributed by atoms with Gasteiger partial charge in [-0.2, -0.15) is 18.3 Å². The first-order valence-corrected chi connectivity index (χ1v) is 11.2. The van der Waals surface area contributed by atoms with E-state index in [1.54, 1.807) is 19.1 Å². The summed E-state index contributed by atoms with van der Waals surface area (Å²) in [6, 6.07) is 15.2. The number of anilines is 1. The summed E-state index contributed by atoms with van der Waals surface area (Å²) in [5, 5.41) is 3.58. The first-order valence-electron chi connectivity index (χ1n) is 9.67. The van der Waals surface area contributed by atoms with Crippen molar-refractivity contribution < 1.29 is 26.4 Å². The highest BCUT2D eigenvalue weighted by atomic mass is 32.2. The van der Waals surface area contributed by atoms with E-state index in [9.17, 15) is 26.4 Å². The zero-order valence-electron chi connectivity index (χ0n) is 17.6. The Labute approximate surface area is 189 Å². The topological polar surface area (TPSA) is 87.6 Å². The van der Waals surface area contributed by atoms with E-state index in [4.69, 9.17) is 0 Å². The third-order valence-corrected chi connectivity index (χ3v) is 6.03. The number of carbonyl (C=O) groups excluding carboxylic acids is 1. The molecule has 3 aromatic rings. The predicted molar refractivity (Wildman–Crippen MR) is 120 cm³/mol. The number of hydrazone groups is 1. The van der Waals surface area contributed by atoms with Crippen molar-refractivity contribution in [1.82, 2.24) is 5.43 Å². The van der Waals surface area contributed by atoms with Gasteiger partial charge in [0.2, 0.25) is 0 Å². The number of alkyl halides is 3. The molecule has 2 N–H and O–H groups in total. The van der Waals surface area contributed by atoms with Crippen LogP contribution in [0.4, 0.5) is 18.9 Å². The molecule has 6 nitrogen and oxygen atoms in total. The molecular formula is C23H20F3N3O3S. The molecule has 0 heterocycles. The highest BCUT2D eigenvalue weighted by Crippen LogP contribution is 2.31. The van der Waals surface area contributed by atoms with Gasteiger partial charge in [-0.3, -0.25) is 9.52 Å². The van der Waals surface area contributed by atoms with E-state index in [2.05, 4.69) is 15.2 Å². The summed E-state index contributed by atoms with van der Waals surface area (Å²) in [5.41, 5.74) is 3.09. The summed E-state index contributed by atoms with van der Waals surface area (Å²) in [6.07, 6.45) is -3.69. The Kier molecular flexibility index (Phi) is 6.87. The standard InChI is InChI=1S/C23H20F3N3O3S/c1-15-10-11-21(16(2)12-15)29-33(31,32)19-8-5-7-17(13-19)22(30)28-27-14-18-6-3-4-9-20(18)23(24,25)26/h3-14,29H,1-2H3,(H,28,30). The molecule has 1 amide bonds. The zero-order valence-corrected chi connectivity index (χ0v) is 18.5. The second-order valence-corrected chi connectivity index (χ2v) is 8.92. The minimum absolute atomic E-state index is 0.0280. The smallest absolute Gasteiger partial charge is 0.279 e. The number of hydrogen-bond acceptors (Lipinski definition) is 4. The van der Waals surface area contributed by atoms with Crippen LogP contribution in [0.3, 0.4) is 0 Å². The lowest BCUT2D eigenvalue weighted by atomic mass is 10.1. The van der Waals surface area contributed by atoms with Crippen molar-refractivity contribution in [3.05, 3.63) is 94.5 Å². The maximum atomic E-state index is 13.0. The molecule has 0 aliphatic heterocycles. The van der Waals surface area contributed by atoms with Crippen LogP contribution in [-0.2, 0) is 16.2 Å². The number of sulfonamides is 1. The fourth-order valence-corrected chi connectivity index (χ4v) is 4.21. The molecule has 0 spiro atoms. The van der Waals surface area contributed by atoms with E-state index in [0.717, 1.165) is 29.5 Å². The van der Waals surface area contributed by atoms with Crippen molar-refractivity contribution in [2.45, 2.75) is 24.9 Å². The molecule has 0 saturated carbocycles. The van der Waals surface area contributed by atoms with Gasteiger partial charge in [-0.1, -0.05) is 42.0 Å². The van der Waals surface area contributed by atoms with Crippen molar-refractivity contribution >= 4 is 27.8 Å². The van der Waals surface area contributed by atoms with E-state index in [-0.39, 0.29) is 16.0 Å². The lowest BCUT2D eigenvalue weighted by Crippen LogP contribution is -2.19. The summed E-state index contributed by atoms with van der Waals surface area (Å²) in [5.74, 6) is -0.778. The number of benzene rings is 3. The molecule has 0 radical (unpaired) electrons. The van der Waals surface area contributed by atoms with Gasteiger partial charge in [-0.15, -0.1) is 0 Å². The third-order valence-electron chi connectivity index (χ3n) is 4.67. The van der Waals surface area contributed by atoms with E-state index < -0.39 is 27.7 Å². The minimum atomic E-state index is -4.57. The Balaban J connectivity index is 1.77. The highest BCUT2D eigenvalue weighted by molar-refractivity contribution is 7.92. The third kappa shape index (κ3) is 5.98. The first kappa shape index (κ1) is 24.0. The predicted octanol–water partition coefficient (Wildman–Crippen LogP) is 4.89. The molecule has 33 heavy (non-hydrogen) atoms. The maximum Gasteiger partial charge on any atom is 0.417 e. The Morgan fingerprint density at radius 1 is 0.970 bits per heavy atom. The van der Waals surface area contributed by atoms with Crippen molar-refractivity contribution in [2.24, 2.45) is 5.10 Å². The molecular weight excluding hydrogens is 455 g/mol. The van der Waals surface area contributed by atoms with Gasteiger partial charge in [0.05, 0.1) is 22.4 Å². The van der Waals surface area contributed by atoms with Crippen LogP contribution in [0.25, 0.3) is 0 Å². The molecule has 0 unspecified atom stereocenters. The van der Waals surface area contributed by atoms with Crippen LogP contribution in [0.5, 0.6) is 0 Å². The Hall–Kier alpha value is -3.66. The molecule has 3 rings (SSSR count). The van der Waals surface area contributed by atoms with E-state index in [0.29, 0.717) is 5.69 Å². The average molecular weight is 475 g/mol. The number of carbonyl (C=O) groups is 1. The molecule has 0 fully saturated rings. The van der Waals surface area contributed by atoms with Crippen LogP contribution >= 0.6 is 0 Å². The summed E-state index contributed by atoms with van der Waals surface area (Å²) in [4.78, 5) is 12.2. The zero-order chi connectivity index (χ0) is 24.2. The second-order valence-electron chi connectivity index (χ2n) is 7.24.